The van der Waals surface area contributed by atoms with Crippen LogP contribution in [-0.2, 0) is 11.2 Å². The number of aryl methyl sites for hydroxylation is 1. The van der Waals surface area contributed by atoms with Crippen LogP contribution in [0.4, 0.5) is 0 Å². The van der Waals surface area contributed by atoms with Gasteiger partial charge in [-0.2, -0.15) is 0 Å². The lowest BCUT2D eigenvalue weighted by Gasteiger charge is -2.16. The Kier molecular flexibility index (Phi) is 5.61. The molecular weight excluding hydrogens is 324 g/mol. The summed E-state index contributed by atoms with van der Waals surface area (Å²) in [6, 6.07) is 16.0. The maximum absolute atomic E-state index is 12.3. The molecule has 3 rings (SSSR count). The summed E-state index contributed by atoms with van der Waals surface area (Å²) in [4.78, 5) is 15.6. The summed E-state index contributed by atoms with van der Waals surface area (Å²) < 4.78 is 5.65. The zero-order chi connectivity index (χ0) is 18.5. The van der Waals surface area contributed by atoms with E-state index < -0.39 is 0 Å². The molecule has 1 heterocycles. The second-order valence-electron chi connectivity index (χ2n) is 6.88. The van der Waals surface area contributed by atoms with Gasteiger partial charge in [0.2, 0.25) is 5.91 Å². The van der Waals surface area contributed by atoms with E-state index in [1.807, 2.05) is 69.4 Å². The van der Waals surface area contributed by atoms with Gasteiger partial charge in [-0.05, 0) is 56.5 Å². The second kappa shape index (κ2) is 8.09. The number of H-pyrrole nitrogens is 1. The van der Waals surface area contributed by atoms with Crippen molar-refractivity contribution < 1.29 is 9.53 Å². The molecule has 0 bridgehead atoms. The summed E-state index contributed by atoms with van der Waals surface area (Å²) in [7, 11) is 0. The number of fused-ring (bicyclic) bond motifs is 1. The molecule has 1 aromatic heterocycles. The van der Waals surface area contributed by atoms with Crippen molar-refractivity contribution in [2.24, 2.45) is 0 Å². The summed E-state index contributed by atoms with van der Waals surface area (Å²) in [6.45, 7) is 6.01. The van der Waals surface area contributed by atoms with Crippen molar-refractivity contribution in [2.45, 2.75) is 45.8 Å². The third kappa shape index (κ3) is 4.45. The molecule has 4 heteroatoms. The minimum atomic E-state index is -0.0291. The molecular formula is C22H26N2O2. The highest BCUT2D eigenvalue weighted by molar-refractivity contribution is 5.84. The Balaban J connectivity index is 1.54. The van der Waals surface area contributed by atoms with Gasteiger partial charge >= 0.3 is 0 Å². The molecule has 0 saturated carbocycles. The number of aromatic nitrogens is 1. The molecule has 0 aliphatic carbocycles. The Labute approximate surface area is 154 Å². The molecule has 0 aliphatic heterocycles. The second-order valence-corrected chi connectivity index (χ2v) is 6.88. The van der Waals surface area contributed by atoms with E-state index in [-0.39, 0.29) is 18.1 Å². The van der Waals surface area contributed by atoms with Gasteiger partial charge in [-0.15, -0.1) is 0 Å². The summed E-state index contributed by atoms with van der Waals surface area (Å²) in [5.74, 6) is 0.909. The molecule has 0 aliphatic rings. The maximum Gasteiger partial charge on any atom is 0.220 e. The number of carbonyl (C=O) groups excluding carboxylic acids is 1. The SMILES string of the molecule is CC(C)Oc1ccc(C(C)NC(=O)CCc2c[nH]c3ccccc23)cc1. The number of benzene rings is 2. The average Bonchev–Trinajstić information content (AvgIpc) is 3.03. The lowest BCUT2D eigenvalue weighted by molar-refractivity contribution is -0.121. The number of amides is 1. The zero-order valence-electron chi connectivity index (χ0n) is 15.6. The van der Waals surface area contributed by atoms with Crippen LogP contribution in [-0.4, -0.2) is 17.0 Å². The van der Waals surface area contributed by atoms with E-state index in [0.29, 0.717) is 6.42 Å². The fourth-order valence-corrected chi connectivity index (χ4v) is 3.09. The van der Waals surface area contributed by atoms with Gasteiger partial charge < -0.3 is 15.0 Å². The number of aromatic amines is 1. The van der Waals surface area contributed by atoms with Crippen LogP contribution in [0.15, 0.2) is 54.7 Å². The van der Waals surface area contributed by atoms with Crippen LogP contribution in [0.5, 0.6) is 5.75 Å². The third-order valence-corrected chi connectivity index (χ3v) is 4.43. The van der Waals surface area contributed by atoms with Crippen molar-refractivity contribution >= 4 is 16.8 Å². The van der Waals surface area contributed by atoms with Gasteiger partial charge in [-0.1, -0.05) is 30.3 Å². The third-order valence-electron chi connectivity index (χ3n) is 4.43. The largest absolute Gasteiger partial charge is 0.491 e. The number of ether oxygens (including phenoxy) is 1. The molecule has 0 radical (unpaired) electrons. The van der Waals surface area contributed by atoms with Crippen molar-refractivity contribution in [3.8, 4) is 5.75 Å². The van der Waals surface area contributed by atoms with E-state index in [1.54, 1.807) is 0 Å². The Bertz CT molecular complexity index is 865. The molecule has 136 valence electrons. The fraction of sp³-hybridized carbons (Fsp3) is 0.318. The van der Waals surface area contributed by atoms with Crippen molar-refractivity contribution in [3.05, 3.63) is 65.9 Å². The van der Waals surface area contributed by atoms with E-state index in [1.165, 1.54) is 10.9 Å². The van der Waals surface area contributed by atoms with Crippen LogP contribution >= 0.6 is 0 Å². The highest BCUT2D eigenvalue weighted by Gasteiger charge is 2.11. The number of hydrogen-bond donors (Lipinski definition) is 2. The molecule has 0 fully saturated rings. The lowest BCUT2D eigenvalue weighted by atomic mass is 10.1. The molecule has 2 aromatic carbocycles. The van der Waals surface area contributed by atoms with Crippen molar-refractivity contribution in [3.63, 3.8) is 0 Å². The summed E-state index contributed by atoms with van der Waals surface area (Å²) in [6.07, 6.45) is 3.35. The van der Waals surface area contributed by atoms with Crippen LogP contribution in [0.2, 0.25) is 0 Å². The first-order valence-electron chi connectivity index (χ1n) is 9.14. The molecule has 0 spiro atoms. The Morgan fingerprint density at radius 3 is 2.54 bits per heavy atom. The first-order chi connectivity index (χ1) is 12.5. The standard InChI is InChI=1S/C22H26N2O2/c1-15(2)26-19-11-8-17(9-12-19)16(3)24-22(25)13-10-18-14-23-21-7-5-4-6-20(18)21/h4-9,11-12,14-16,23H,10,13H2,1-3H3,(H,24,25). The van der Waals surface area contributed by atoms with E-state index >= 15 is 0 Å². The molecule has 0 saturated heterocycles. The van der Waals surface area contributed by atoms with Gasteiger partial charge in [0.1, 0.15) is 5.75 Å². The van der Waals surface area contributed by atoms with E-state index in [9.17, 15) is 4.79 Å². The maximum atomic E-state index is 12.3. The number of carbonyl (C=O) groups is 1. The highest BCUT2D eigenvalue weighted by Crippen LogP contribution is 2.20. The molecule has 1 amide bonds. The molecule has 4 nitrogen and oxygen atoms in total. The predicted octanol–water partition coefficient (Wildman–Crippen LogP) is 4.77. The van der Waals surface area contributed by atoms with Gasteiger partial charge in [-0.3, -0.25) is 4.79 Å². The molecule has 1 unspecified atom stereocenters. The number of nitrogens with one attached hydrogen (secondary N) is 2. The minimum absolute atomic E-state index is 0.0291. The van der Waals surface area contributed by atoms with Crippen LogP contribution in [0.1, 0.15) is 44.4 Å². The van der Waals surface area contributed by atoms with Gasteiger partial charge in [0.25, 0.3) is 0 Å². The molecule has 26 heavy (non-hydrogen) atoms. The summed E-state index contributed by atoms with van der Waals surface area (Å²) in [5.41, 5.74) is 3.36. The minimum Gasteiger partial charge on any atom is -0.491 e. The lowest BCUT2D eigenvalue weighted by Crippen LogP contribution is -2.26. The zero-order valence-corrected chi connectivity index (χ0v) is 15.6. The Morgan fingerprint density at radius 1 is 1.08 bits per heavy atom. The van der Waals surface area contributed by atoms with Gasteiger partial charge in [0.15, 0.2) is 0 Å². The van der Waals surface area contributed by atoms with Crippen molar-refractivity contribution in [1.82, 2.24) is 10.3 Å². The Morgan fingerprint density at radius 2 is 1.81 bits per heavy atom. The van der Waals surface area contributed by atoms with E-state index in [2.05, 4.69) is 16.4 Å². The fourth-order valence-electron chi connectivity index (χ4n) is 3.09. The van der Waals surface area contributed by atoms with E-state index in [0.717, 1.165) is 23.3 Å². The highest BCUT2D eigenvalue weighted by atomic mass is 16.5. The van der Waals surface area contributed by atoms with Crippen LogP contribution in [0.25, 0.3) is 10.9 Å². The molecule has 2 N–H and O–H groups in total. The Hall–Kier alpha value is -2.75. The van der Waals surface area contributed by atoms with Gasteiger partial charge in [0, 0.05) is 23.5 Å². The summed E-state index contributed by atoms with van der Waals surface area (Å²) >= 11 is 0. The number of para-hydroxylation sites is 1. The van der Waals surface area contributed by atoms with Crippen molar-refractivity contribution in [2.75, 3.05) is 0 Å². The van der Waals surface area contributed by atoms with Crippen LogP contribution in [0.3, 0.4) is 0 Å². The molecule has 1 atom stereocenters. The monoisotopic (exact) mass is 350 g/mol. The van der Waals surface area contributed by atoms with E-state index in [4.69, 9.17) is 4.74 Å². The summed E-state index contributed by atoms with van der Waals surface area (Å²) in [5, 5.41) is 4.27. The number of rotatable bonds is 7. The smallest absolute Gasteiger partial charge is 0.220 e. The van der Waals surface area contributed by atoms with Crippen molar-refractivity contribution in [1.29, 1.82) is 0 Å². The molecule has 3 aromatic rings. The topological polar surface area (TPSA) is 54.1 Å². The predicted molar refractivity (Wildman–Crippen MR) is 105 cm³/mol. The van der Waals surface area contributed by atoms with Crippen LogP contribution < -0.4 is 10.1 Å². The first kappa shape index (κ1) is 18.1. The normalized spacial score (nSPS) is 12.3. The first-order valence-corrected chi connectivity index (χ1v) is 9.14. The average molecular weight is 350 g/mol. The quantitative estimate of drug-likeness (QED) is 0.645. The number of hydrogen-bond acceptors (Lipinski definition) is 2. The van der Waals surface area contributed by atoms with Gasteiger partial charge in [0.05, 0.1) is 12.1 Å². The van der Waals surface area contributed by atoms with Gasteiger partial charge in [-0.25, -0.2) is 0 Å². The van der Waals surface area contributed by atoms with Crippen LogP contribution in [0, 0.1) is 0 Å².